The summed E-state index contributed by atoms with van der Waals surface area (Å²) in [5.74, 6) is 0. The lowest BCUT2D eigenvalue weighted by Crippen LogP contribution is -2.58. The molecule has 3 heterocycles. The van der Waals surface area contributed by atoms with E-state index < -0.39 is 0 Å². The molecule has 3 rings (SSSR count). The van der Waals surface area contributed by atoms with Crippen LogP contribution in [0.25, 0.3) is 0 Å². The number of nitrogens with zero attached hydrogens (tertiary/aromatic N) is 2. The minimum atomic E-state index is -0.272. The molecule has 154 valence electrons. The van der Waals surface area contributed by atoms with Crippen LogP contribution in [0.2, 0.25) is 0 Å². The van der Waals surface area contributed by atoms with Crippen LogP contribution >= 0.6 is 0 Å². The summed E-state index contributed by atoms with van der Waals surface area (Å²) in [4.78, 5) is 16.6. The van der Waals surface area contributed by atoms with Crippen LogP contribution in [0.3, 0.4) is 0 Å². The summed E-state index contributed by atoms with van der Waals surface area (Å²) in [6.45, 7) is 7.79. The van der Waals surface area contributed by atoms with E-state index in [4.69, 9.17) is 15.2 Å². The Hall–Kier alpha value is -1.35. The predicted molar refractivity (Wildman–Crippen MR) is 104 cm³/mol. The second-order valence-corrected chi connectivity index (χ2v) is 7.95. The summed E-state index contributed by atoms with van der Waals surface area (Å²) < 4.78 is 11.6. The standard InChI is InChI=1S/C19H35N5O3/c1-14(2)27-19(25)24-10-3-5-16(20)17(24)13-26-15-6-11-23(12-7-15)18-21-8-4-9-22-18/h4,8,14-18,21-22H,3,5-7,9-13,20H2,1-2H3. The molecule has 0 spiro atoms. The zero-order valence-corrected chi connectivity index (χ0v) is 16.6. The van der Waals surface area contributed by atoms with Gasteiger partial charge in [-0.2, -0.15) is 0 Å². The molecule has 3 aliphatic heterocycles. The quantitative estimate of drug-likeness (QED) is 0.648. The van der Waals surface area contributed by atoms with Gasteiger partial charge in [-0.25, -0.2) is 4.79 Å². The van der Waals surface area contributed by atoms with E-state index in [0.717, 1.165) is 45.3 Å². The number of ether oxygens (including phenoxy) is 2. The molecule has 8 heteroatoms. The number of nitrogens with two attached hydrogens (primary N) is 1. The average Bonchev–Trinajstić information content (AvgIpc) is 2.67. The van der Waals surface area contributed by atoms with Gasteiger partial charge < -0.3 is 25.4 Å². The lowest BCUT2D eigenvalue weighted by Gasteiger charge is -2.41. The van der Waals surface area contributed by atoms with Crippen LogP contribution in [-0.2, 0) is 9.47 Å². The molecular weight excluding hydrogens is 346 g/mol. The molecule has 4 N–H and O–H groups in total. The van der Waals surface area contributed by atoms with Gasteiger partial charge >= 0.3 is 6.09 Å². The maximum absolute atomic E-state index is 12.4. The van der Waals surface area contributed by atoms with Crippen LogP contribution in [0, 0.1) is 0 Å². The van der Waals surface area contributed by atoms with Gasteiger partial charge in [-0.05, 0) is 45.7 Å². The highest BCUT2D eigenvalue weighted by Crippen LogP contribution is 2.21. The van der Waals surface area contributed by atoms with Crippen molar-refractivity contribution in [1.82, 2.24) is 20.4 Å². The molecule has 3 aliphatic rings. The molecule has 27 heavy (non-hydrogen) atoms. The lowest BCUT2D eigenvalue weighted by molar-refractivity contribution is -0.0428. The second-order valence-electron chi connectivity index (χ2n) is 7.95. The lowest BCUT2D eigenvalue weighted by atomic mass is 9.98. The predicted octanol–water partition coefficient (Wildman–Crippen LogP) is 0.794. The number of likely N-dealkylation sites (tertiary alicyclic amines) is 2. The highest BCUT2D eigenvalue weighted by Gasteiger charge is 2.35. The zero-order valence-electron chi connectivity index (χ0n) is 16.6. The smallest absolute Gasteiger partial charge is 0.410 e. The summed E-state index contributed by atoms with van der Waals surface area (Å²) in [7, 11) is 0. The highest BCUT2D eigenvalue weighted by molar-refractivity contribution is 5.68. The summed E-state index contributed by atoms with van der Waals surface area (Å²) in [5, 5.41) is 6.79. The first-order valence-electron chi connectivity index (χ1n) is 10.3. The van der Waals surface area contributed by atoms with Crippen LogP contribution in [0.5, 0.6) is 0 Å². The first kappa shape index (κ1) is 20.4. The van der Waals surface area contributed by atoms with Gasteiger partial charge in [0.2, 0.25) is 0 Å². The van der Waals surface area contributed by atoms with Crippen molar-refractivity contribution in [3.63, 3.8) is 0 Å². The van der Waals surface area contributed by atoms with Gasteiger partial charge in [0.15, 0.2) is 0 Å². The molecule has 0 aromatic rings. The third-order valence-corrected chi connectivity index (χ3v) is 5.55. The van der Waals surface area contributed by atoms with Gasteiger partial charge in [-0.1, -0.05) is 6.08 Å². The fourth-order valence-electron chi connectivity index (χ4n) is 4.02. The second kappa shape index (κ2) is 9.73. The molecular formula is C19H35N5O3. The Labute approximate surface area is 162 Å². The normalized spacial score (nSPS) is 30.4. The number of piperidine rings is 2. The minimum absolute atomic E-state index is 0.0547. The van der Waals surface area contributed by atoms with Gasteiger partial charge in [-0.15, -0.1) is 0 Å². The SMILES string of the molecule is CC(C)OC(=O)N1CCCC(N)C1COC1CCN(C2NC=CCN2)CC1. The average molecular weight is 382 g/mol. The molecule has 2 fully saturated rings. The molecule has 2 saturated heterocycles. The van der Waals surface area contributed by atoms with Crippen LogP contribution in [-0.4, -0.2) is 79.3 Å². The maximum Gasteiger partial charge on any atom is 0.410 e. The summed E-state index contributed by atoms with van der Waals surface area (Å²) >= 11 is 0. The van der Waals surface area contributed by atoms with Gasteiger partial charge in [0.1, 0.15) is 6.29 Å². The molecule has 8 nitrogen and oxygen atoms in total. The van der Waals surface area contributed by atoms with E-state index in [2.05, 4.69) is 21.6 Å². The van der Waals surface area contributed by atoms with Crippen molar-refractivity contribution in [2.75, 3.05) is 32.8 Å². The van der Waals surface area contributed by atoms with Crippen molar-refractivity contribution in [3.05, 3.63) is 12.3 Å². The monoisotopic (exact) mass is 381 g/mol. The molecule has 0 aromatic carbocycles. The van der Waals surface area contributed by atoms with Crippen LogP contribution in [0.4, 0.5) is 4.79 Å². The molecule has 0 aromatic heterocycles. The Bertz CT molecular complexity index is 508. The summed E-state index contributed by atoms with van der Waals surface area (Å²) in [5.41, 5.74) is 6.31. The van der Waals surface area contributed by atoms with E-state index in [0.29, 0.717) is 13.2 Å². The van der Waals surface area contributed by atoms with Crippen LogP contribution in [0.15, 0.2) is 12.3 Å². The third kappa shape index (κ3) is 5.57. The van der Waals surface area contributed by atoms with E-state index in [1.165, 1.54) is 0 Å². The number of amides is 1. The fourth-order valence-corrected chi connectivity index (χ4v) is 4.02. The number of carbonyl (C=O) groups excluding carboxylic acids is 1. The van der Waals surface area contributed by atoms with E-state index >= 15 is 0 Å². The fraction of sp³-hybridized carbons (Fsp3) is 0.842. The Morgan fingerprint density at radius 3 is 2.70 bits per heavy atom. The Morgan fingerprint density at radius 1 is 1.26 bits per heavy atom. The van der Waals surface area contributed by atoms with Crippen LogP contribution < -0.4 is 16.4 Å². The van der Waals surface area contributed by atoms with Crippen molar-refractivity contribution < 1.29 is 14.3 Å². The van der Waals surface area contributed by atoms with Crippen molar-refractivity contribution in [2.24, 2.45) is 5.73 Å². The number of hydrogen-bond acceptors (Lipinski definition) is 7. The van der Waals surface area contributed by atoms with E-state index in [1.807, 2.05) is 20.0 Å². The molecule has 3 atom stereocenters. The van der Waals surface area contributed by atoms with E-state index in [1.54, 1.807) is 4.90 Å². The van der Waals surface area contributed by atoms with Gasteiger partial charge in [0.05, 0.1) is 24.9 Å². The number of rotatable bonds is 5. The first-order chi connectivity index (χ1) is 13.0. The Balaban J connectivity index is 1.46. The van der Waals surface area contributed by atoms with E-state index in [-0.39, 0.29) is 36.7 Å². The molecule has 3 unspecified atom stereocenters. The summed E-state index contributed by atoms with van der Waals surface area (Å²) in [6.07, 6.45) is 7.94. The molecule has 0 radical (unpaired) electrons. The molecule has 1 amide bonds. The minimum Gasteiger partial charge on any atom is -0.447 e. The molecule has 0 aliphatic carbocycles. The van der Waals surface area contributed by atoms with Crippen molar-refractivity contribution in [1.29, 1.82) is 0 Å². The van der Waals surface area contributed by atoms with Crippen molar-refractivity contribution in [3.8, 4) is 0 Å². The first-order valence-corrected chi connectivity index (χ1v) is 10.3. The Morgan fingerprint density at radius 2 is 2.04 bits per heavy atom. The topological polar surface area (TPSA) is 92.1 Å². The van der Waals surface area contributed by atoms with Crippen molar-refractivity contribution >= 4 is 6.09 Å². The zero-order chi connectivity index (χ0) is 19.2. The Kier molecular flexibility index (Phi) is 7.34. The maximum atomic E-state index is 12.4. The van der Waals surface area contributed by atoms with Gasteiger partial charge in [0, 0.05) is 32.2 Å². The third-order valence-electron chi connectivity index (χ3n) is 5.55. The van der Waals surface area contributed by atoms with Gasteiger partial charge in [0.25, 0.3) is 0 Å². The highest BCUT2D eigenvalue weighted by atomic mass is 16.6. The largest absolute Gasteiger partial charge is 0.447 e. The van der Waals surface area contributed by atoms with Gasteiger partial charge in [-0.3, -0.25) is 10.2 Å². The number of hydrogen-bond donors (Lipinski definition) is 3. The van der Waals surface area contributed by atoms with Crippen LogP contribution in [0.1, 0.15) is 39.5 Å². The number of nitrogens with one attached hydrogen (secondary N) is 2. The van der Waals surface area contributed by atoms with E-state index in [9.17, 15) is 4.79 Å². The van der Waals surface area contributed by atoms with Crippen molar-refractivity contribution in [2.45, 2.75) is 70.1 Å². The molecule has 0 saturated carbocycles. The molecule has 0 bridgehead atoms. The number of carbonyl (C=O) groups is 1. The summed E-state index contributed by atoms with van der Waals surface area (Å²) in [6, 6.07) is -0.157.